The summed E-state index contributed by atoms with van der Waals surface area (Å²) in [5.74, 6) is -0.150. The van der Waals surface area contributed by atoms with Crippen molar-refractivity contribution >= 4 is 28.8 Å². The Kier molecular flexibility index (Phi) is 5.17. The standard InChI is InChI=1S/C15H16ClNO2S/c1-2-10-7-8-20-14(10)15(19)17-9-13(18)11-5-3-4-6-12(11)16/h3-8,13,18H,2,9H2,1H3,(H,17,19). The van der Waals surface area contributed by atoms with Crippen molar-refractivity contribution in [1.82, 2.24) is 5.32 Å². The van der Waals surface area contributed by atoms with Crippen LogP contribution in [0.2, 0.25) is 5.02 Å². The van der Waals surface area contributed by atoms with Crippen molar-refractivity contribution in [1.29, 1.82) is 0 Å². The van der Waals surface area contributed by atoms with Crippen molar-refractivity contribution in [2.75, 3.05) is 6.54 Å². The van der Waals surface area contributed by atoms with Crippen LogP contribution < -0.4 is 5.32 Å². The monoisotopic (exact) mass is 309 g/mol. The van der Waals surface area contributed by atoms with Gasteiger partial charge in [0.1, 0.15) is 0 Å². The molecule has 0 aliphatic rings. The van der Waals surface area contributed by atoms with Gasteiger partial charge in [0.15, 0.2) is 0 Å². The molecule has 3 nitrogen and oxygen atoms in total. The molecule has 0 spiro atoms. The van der Waals surface area contributed by atoms with Crippen LogP contribution in [0, 0.1) is 0 Å². The van der Waals surface area contributed by atoms with Gasteiger partial charge in [0, 0.05) is 17.1 Å². The van der Waals surface area contributed by atoms with E-state index in [9.17, 15) is 9.90 Å². The molecule has 0 aliphatic carbocycles. The van der Waals surface area contributed by atoms with E-state index in [0.717, 1.165) is 12.0 Å². The molecule has 2 rings (SSSR count). The number of hydrogen-bond donors (Lipinski definition) is 2. The summed E-state index contributed by atoms with van der Waals surface area (Å²) in [6.45, 7) is 2.15. The molecule has 0 aliphatic heterocycles. The summed E-state index contributed by atoms with van der Waals surface area (Å²) in [4.78, 5) is 12.8. The Bertz CT molecular complexity index is 597. The molecule has 0 fully saturated rings. The SMILES string of the molecule is CCc1ccsc1C(=O)NCC(O)c1ccccc1Cl. The fraction of sp³-hybridized carbons (Fsp3) is 0.267. The van der Waals surface area contributed by atoms with Gasteiger partial charge in [-0.3, -0.25) is 4.79 Å². The first-order chi connectivity index (χ1) is 9.63. The number of carbonyl (C=O) groups excluding carboxylic acids is 1. The lowest BCUT2D eigenvalue weighted by atomic mass is 10.1. The highest BCUT2D eigenvalue weighted by Crippen LogP contribution is 2.22. The minimum Gasteiger partial charge on any atom is -0.387 e. The Morgan fingerprint density at radius 1 is 1.40 bits per heavy atom. The third-order valence-corrected chi connectivity index (χ3v) is 4.35. The molecule has 1 aromatic heterocycles. The van der Waals surface area contributed by atoms with Crippen LogP contribution >= 0.6 is 22.9 Å². The maximum Gasteiger partial charge on any atom is 0.261 e. The van der Waals surface area contributed by atoms with E-state index in [0.29, 0.717) is 15.5 Å². The fourth-order valence-corrected chi connectivity index (χ4v) is 3.11. The number of thiophene rings is 1. The van der Waals surface area contributed by atoms with Gasteiger partial charge >= 0.3 is 0 Å². The van der Waals surface area contributed by atoms with Crippen LogP contribution in [0.3, 0.4) is 0 Å². The van der Waals surface area contributed by atoms with Crippen LogP contribution in [-0.4, -0.2) is 17.6 Å². The molecule has 1 heterocycles. The van der Waals surface area contributed by atoms with Crippen LogP contribution in [0.4, 0.5) is 0 Å². The molecule has 20 heavy (non-hydrogen) atoms. The van der Waals surface area contributed by atoms with Crippen molar-refractivity contribution in [2.45, 2.75) is 19.4 Å². The lowest BCUT2D eigenvalue weighted by Crippen LogP contribution is -2.28. The summed E-state index contributed by atoms with van der Waals surface area (Å²) >= 11 is 7.42. The first kappa shape index (κ1) is 15.0. The second-order valence-corrected chi connectivity index (χ2v) is 5.70. The van der Waals surface area contributed by atoms with Crippen LogP contribution in [0.1, 0.15) is 33.8 Å². The number of amides is 1. The number of carbonyl (C=O) groups is 1. The van der Waals surface area contributed by atoms with E-state index < -0.39 is 6.10 Å². The zero-order valence-corrected chi connectivity index (χ0v) is 12.7. The molecule has 2 N–H and O–H groups in total. The predicted molar refractivity (Wildman–Crippen MR) is 82.4 cm³/mol. The van der Waals surface area contributed by atoms with E-state index >= 15 is 0 Å². The van der Waals surface area contributed by atoms with E-state index in [-0.39, 0.29) is 12.5 Å². The van der Waals surface area contributed by atoms with Crippen LogP contribution in [-0.2, 0) is 6.42 Å². The van der Waals surface area contributed by atoms with Crippen molar-refractivity contribution in [3.05, 3.63) is 56.7 Å². The Morgan fingerprint density at radius 2 is 2.15 bits per heavy atom. The number of hydrogen-bond acceptors (Lipinski definition) is 3. The molecule has 1 unspecified atom stereocenters. The number of benzene rings is 1. The molecule has 1 amide bonds. The number of nitrogens with one attached hydrogen (secondary N) is 1. The van der Waals surface area contributed by atoms with Crippen LogP contribution in [0.25, 0.3) is 0 Å². The van der Waals surface area contributed by atoms with Gasteiger partial charge in [-0.25, -0.2) is 0 Å². The fourth-order valence-electron chi connectivity index (χ4n) is 1.94. The molecule has 1 aromatic carbocycles. The molecule has 1 atom stereocenters. The number of rotatable bonds is 5. The third-order valence-electron chi connectivity index (χ3n) is 3.05. The van der Waals surface area contributed by atoms with Gasteiger partial charge in [-0.15, -0.1) is 11.3 Å². The van der Waals surface area contributed by atoms with Crippen molar-refractivity contribution in [3.63, 3.8) is 0 Å². The summed E-state index contributed by atoms with van der Waals surface area (Å²) in [6, 6.07) is 9.03. The summed E-state index contributed by atoms with van der Waals surface area (Å²) < 4.78 is 0. The number of aliphatic hydroxyl groups is 1. The topological polar surface area (TPSA) is 49.3 Å². The van der Waals surface area contributed by atoms with Gasteiger partial charge in [-0.05, 0) is 29.5 Å². The molecule has 0 saturated heterocycles. The summed E-state index contributed by atoms with van der Waals surface area (Å²) in [5.41, 5.74) is 1.65. The second-order valence-electron chi connectivity index (χ2n) is 4.38. The van der Waals surface area contributed by atoms with Crippen LogP contribution in [0.5, 0.6) is 0 Å². The highest BCUT2D eigenvalue weighted by molar-refractivity contribution is 7.12. The van der Waals surface area contributed by atoms with E-state index in [1.54, 1.807) is 24.3 Å². The van der Waals surface area contributed by atoms with Gasteiger partial charge < -0.3 is 10.4 Å². The molecular weight excluding hydrogens is 294 g/mol. The average molecular weight is 310 g/mol. The predicted octanol–water partition coefficient (Wildman–Crippen LogP) is 3.43. The second kappa shape index (κ2) is 6.88. The van der Waals surface area contributed by atoms with E-state index in [4.69, 9.17) is 11.6 Å². The molecule has 0 bridgehead atoms. The largest absolute Gasteiger partial charge is 0.387 e. The summed E-state index contributed by atoms with van der Waals surface area (Å²) in [7, 11) is 0. The molecule has 106 valence electrons. The molecule has 0 saturated carbocycles. The number of aliphatic hydroxyl groups excluding tert-OH is 1. The Labute approximate surface area is 127 Å². The summed E-state index contributed by atoms with van der Waals surface area (Å²) in [6.07, 6.45) is 0.0111. The normalized spacial score (nSPS) is 12.2. The lowest BCUT2D eigenvalue weighted by molar-refractivity contribution is 0.0919. The van der Waals surface area contributed by atoms with Crippen molar-refractivity contribution in [3.8, 4) is 0 Å². The minimum absolute atomic E-state index is 0.142. The van der Waals surface area contributed by atoms with E-state index in [1.165, 1.54) is 11.3 Å². The quantitative estimate of drug-likeness (QED) is 0.889. The van der Waals surface area contributed by atoms with E-state index in [2.05, 4.69) is 5.32 Å². The van der Waals surface area contributed by atoms with Gasteiger partial charge in [0.05, 0.1) is 11.0 Å². The number of aryl methyl sites for hydroxylation is 1. The van der Waals surface area contributed by atoms with E-state index in [1.807, 2.05) is 18.4 Å². The van der Waals surface area contributed by atoms with Gasteiger partial charge in [0.25, 0.3) is 5.91 Å². The lowest BCUT2D eigenvalue weighted by Gasteiger charge is -2.13. The maximum atomic E-state index is 12.1. The molecule has 0 radical (unpaired) electrons. The Hall–Kier alpha value is -1.36. The van der Waals surface area contributed by atoms with Gasteiger partial charge in [0.2, 0.25) is 0 Å². The van der Waals surface area contributed by atoms with Gasteiger partial charge in [-0.2, -0.15) is 0 Å². The first-order valence-corrected chi connectivity index (χ1v) is 7.66. The third kappa shape index (κ3) is 3.39. The van der Waals surface area contributed by atoms with Crippen molar-refractivity contribution < 1.29 is 9.90 Å². The number of halogens is 1. The molecular formula is C15H16ClNO2S. The molecule has 2 aromatic rings. The average Bonchev–Trinajstić information content (AvgIpc) is 2.93. The smallest absolute Gasteiger partial charge is 0.261 e. The highest BCUT2D eigenvalue weighted by atomic mass is 35.5. The van der Waals surface area contributed by atoms with Crippen molar-refractivity contribution in [2.24, 2.45) is 0 Å². The van der Waals surface area contributed by atoms with Gasteiger partial charge in [-0.1, -0.05) is 36.7 Å². The minimum atomic E-state index is -0.808. The Morgan fingerprint density at radius 3 is 2.85 bits per heavy atom. The zero-order chi connectivity index (χ0) is 14.5. The summed E-state index contributed by atoms with van der Waals surface area (Å²) in [5, 5.41) is 15.2. The maximum absolute atomic E-state index is 12.1. The first-order valence-electron chi connectivity index (χ1n) is 6.40. The Balaban J connectivity index is 1.99. The van der Waals surface area contributed by atoms with Crippen LogP contribution in [0.15, 0.2) is 35.7 Å². The zero-order valence-electron chi connectivity index (χ0n) is 11.1. The molecule has 5 heteroatoms. The highest BCUT2D eigenvalue weighted by Gasteiger charge is 2.15.